The zero-order valence-electron chi connectivity index (χ0n) is 9.07. The predicted molar refractivity (Wildman–Crippen MR) is 62.4 cm³/mol. The zero-order valence-corrected chi connectivity index (χ0v) is 9.07. The number of aryl methyl sites for hydroxylation is 1. The maximum atomic E-state index is 4.21. The molecule has 3 nitrogen and oxygen atoms in total. The monoisotopic (exact) mass is 201 g/mol. The molecule has 78 valence electrons. The number of H-pyrrole nitrogens is 1. The number of rotatable bonds is 1. The summed E-state index contributed by atoms with van der Waals surface area (Å²) in [5.74, 6) is 1.60. The fourth-order valence-electron chi connectivity index (χ4n) is 1.06. The van der Waals surface area contributed by atoms with Crippen LogP contribution in [0.1, 0.15) is 12.7 Å². The van der Waals surface area contributed by atoms with Crippen molar-refractivity contribution in [3.05, 3.63) is 48.8 Å². The molecule has 2 aromatic rings. The molecule has 0 unspecified atom stereocenters. The molecule has 1 aromatic carbocycles. The second-order valence-corrected chi connectivity index (χ2v) is 3.02. The molecule has 0 saturated carbocycles. The van der Waals surface area contributed by atoms with E-state index in [2.05, 4.69) is 21.8 Å². The van der Waals surface area contributed by atoms with Gasteiger partial charge in [-0.05, 0) is 13.8 Å². The minimum Gasteiger partial charge on any atom is -0.263 e. The second kappa shape index (κ2) is 5.75. The third-order valence-corrected chi connectivity index (χ3v) is 1.63. The number of hydrogen-bond acceptors (Lipinski definition) is 2. The fourth-order valence-corrected chi connectivity index (χ4v) is 1.06. The lowest BCUT2D eigenvalue weighted by atomic mass is 10.2. The summed E-state index contributed by atoms with van der Waals surface area (Å²) >= 11 is 0. The van der Waals surface area contributed by atoms with Crippen LogP contribution in [0.3, 0.4) is 0 Å². The molecule has 0 saturated heterocycles. The fraction of sp³-hybridized carbons (Fsp3) is 0.167. The summed E-state index contributed by atoms with van der Waals surface area (Å²) in [4.78, 5) is 4.21. The molecule has 0 amide bonds. The molecule has 2 rings (SSSR count). The van der Waals surface area contributed by atoms with Crippen molar-refractivity contribution >= 4 is 0 Å². The minimum atomic E-state index is 0.758. The summed E-state index contributed by atoms with van der Waals surface area (Å²) in [6, 6.07) is 9.90. The van der Waals surface area contributed by atoms with Crippen molar-refractivity contribution < 1.29 is 0 Å². The Balaban J connectivity index is 0.000000337. The summed E-state index contributed by atoms with van der Waals surface area (Å²) in [5, 5.41) is 6.86. The van der Waals surface area contributed by atoms with Crippen molar-refractivity contribution in [3.63, 3.8) is 0 Å². The van der Waals surface area contributed by atoms with E-state index in [4.69, 9.17) is 0 Å². The van der Waals surface area contributed by atoms with Crippen LogP contribution in [-0.4, -0.2) is 15.2 Å². The first-order valence-corrected chi connectivity index (χ1v) is 4.79. The Morgan fingerprint density at radius 1 is 1.27 bits per heavy atom. The van der Waals surface area contributed by atoms with Crippen molar-refractivity contribution in [1.29, 1.82) is 0 Å². The average Bonchev–Trinajstić information content (AvgIpc) is 2.67. The van der Waals surface area contributed by atoms with Crippen molar-refractivity contribution in [3.8, 4) is 11.4 Å². The first-order chi connectivity index (χ1) is 7.27. The molecule has 0 radical (unpaired) electrons. The molecule has 3 heteroatoms. The van der Waals surface area contributed by atoms with Gasteiger partial charge >= 0.3 is 0 Å². The van der Waals surface area contributed by atoms with Gasteiger partial charge in [-0.1, -0.05) is 36.4 Å². The molecule has 0 bridgehead atoms. The van der Waals surface area contributed by atoms with Gasteiger partial charge in [-0.2, -0.15) is 5.10 Å². The highest BCUT2D eigenvalue weighted by Crippen LogP contribution is 2.12. The van der Waals surface area contributed by atoms with E-state index in [-0.39, 0.29) is 0 Å². The van der Waals surface area contributed by atoms with Crippen LogP contribution in [0.5, 0.6) is 0 Å². The number of hydrogen-bond donors (Lipinski definition) is 1. The normalized spacial score (nSPS) is 8.93. The van der Waals surface area contributed by atoms with Crippen LogP contribution in [0.4, 0.5) is 0 Å². The lowest BCUT2D eigenvalue weighted by Crippen LogP contribution is -1.78. The van der Waals surface area contributed by atoms with E-state index in [0.29, 0.717) is 0 Å². The van der Waals surface area contributed by atoms with Gasteiger partial charge in [0, 0.05) is 5.56 Å². The van der Waals surface area contributed by atoms with Crippen LogP contribution in [0.15, 0.2) is 43.0 Å². The highest BCUT2D eigenvalue weighted by molar-refractivity contribution is 5.53. The number of aromatic nitrogens is 3. The average molecular weight is 201 g/mol. The summed E-state index contributed by atoms with van der Waals surface area (Å²) in [7, 11) is 0. The lowest BCUT2D eigenvalue weighted by Gasteiger charge is -1.90. The van der Waals surface area contributed by atoms with Gasteiger partial charge in [0.25, 0.3) is 0 Å². The Kier molecular flexibility index (Phi) is 4.29. The van der Waals surface area contributed by atoms with E-state index in [1.807, 2.05) is 44.2 Å². The van der Waals surface area contributed by atoms with E-state index in [1.165, 1.54) is 0 Å². The van der Waals surface area contributed by atoms with Gasteiger partial charge in [0.05, 0.1) is 0 Å². The van der Waals surface area contributed by atoms with E-state index in [1.54, 1.807) is 6.08 Å². The van der Waals surface area contributed by atoms with E-state index >= 15 is 0 Å². The molecule has 0 aliphatic heterocycles. The van der Waals surface area contributed by atoms with E-state index in [9.17, 15) is 0 Å². The van der Waals surface area contributed by atoms with Crippen LogP contribution < -0.4 is 0 Å². The smallest absolute Gasteiger partial charge is 0.181 e. The van der Waals surface area contributed by atoms with Crippen LogP contribution >= 0.6 is 0 Å². The largest absolute Gasteiger partial charge is 0.263 e. The maximum Gasteiger partial charge on any atom is 0.181 e. The van der Waals surface area contributed by atoms with Crippen molar-refractivity contribution in [1.82, 2.24) is 15.2 Å². The Labute approximate surface area is 89.9 Å². The highest BCUT2D eigenvalue weighted by Gasteiger charge is 2.00. The number of benzene rings is 1. The maximum absolute atomic E-state index is 4.21. The van der Waals surface area contributed by atoms with E-state index in [0.717, 1.165) is 17.2 Å². The molecular formula is C12H15N3. The van der Waals surface area contributed by atoms with Gasteiger partial charge in [0.2, 0.25) is 0 Å². The Morgan fingerprint density at radius 2 is 1.87 bits per heavy atom. The van der Waals surface area contributed by atoms with Gasteiger partial charge < -0.3 is 0 Å². The molecule has 1 heterocycles. The number of nitrogens with one attached hydrogen (secondary N) is 1. The summed E-state index contributed by atoms with van der Waals surface area (Å²) in [5.41, 5.74) is 1.04. The molecule has 0 spiro atoms. The number of aromatic amines is 1. The van der Waals surface area contributed by atoms with Crippen molar-refractivity contribution in [2.75, 3.05) is 0 Å². The molecule has 0 aliphatic rings. The second-order valence-electron chi connectivity index (χ2n) is 3.02. The van der Waals surface area contributed by atoms with Crippen LogP contribution in [0.2, 0.25) is 0 Å². The first kappa shape index (κ1) is 11.2. The standard InChI is InChI=1S/C9H9N3.C3H6/c1-7-10-9(12-11-7)8-5-3-2-4-6-8;1-3-2/h2-6H,1H3,(H,10,11,12);3H,1H2,2H3. The summed E-state index contributed by atoms with van der Waals surface area (Å²) in [6.45, 7) is 7.14. The van der Waals surface area contributed by atoms with Crippen LogP contribution in [0, 0.1) is 6.92 Å². The van der Waals surface area contributed by atoms with E-state index < -0.39 is 0 Å². The topological polar surface area (TPSA) is 41.6 Å². The SMILES string of the molecule is C=CC.Cc1nc(-c2ccccc2)n[nH]1. The quantitative estimate of drug-likeness (QED) is 0.721. The Bertz CT molecular complexity index is 404. The zero-order chi connectivity index (χ0) is 11.1. The molecule has 0 aliphatic carbocycles. The lowest BCUT2D eigenvalue weighted by molar-refractivity contribution is 1.04. The molecular weight excluding hydrogens is 186 g/mol. The van der Waals surface area contributed by atoms with Crippen molar-refractivity contribution in [2.45, 2.75) is 13.8 Å². The minimum absolute atomic E-state index is 0.758. The van der Waals surface area contributed by atoms with Gasteiger partial charge in [0.1, 0.15) is 5.82 Å². The van der Waals surface area contributed by atoms with Gasteiger partial charge in [-0.15, -0.1) is 6.58 Å². The third kappa shape index (κ3) is 3.38. The van der Waals surface area contributed by atoms with Crippen molar-refractivity contribution in [2.24, 2.45) is 0 Å². The molecule has 1 aromatic heterocycles. The summed E-state index contributed by atoms with van der Waals surface area (Å²) < 4.78 is 0. The first-order valence-electron chi connectivity index (χ1n) is 4.79. The highest BCUT2D eigenvalue weighted by atomic mass is 15.2. The Morgan fingerprint density at radius 3 is 2.33 bits per heavy atom. The van der Waals surface area contributed by atoms with Crippen LogP contribution in [-0.2, 0) is 0 Å². The molecule has 1 N–H and O–H groups in total. The molecule has 0 fully saturated rings. The third-order valence-electron chi connectivity index (χ3n) is 1.63. The predicted octanol–water partition coefficient (Wildman–Crippen LogP) is 2.97. The number of allylic oxidation sites excluding steroid dienone is 1. The number of nitrogens with zero attached hydrogens (tertiary/aromatic N) is 2. The van der Waals surface area contributed by atoms with Crippen LogP contribution in [0.25, 0.3) is 11.4 Å². The Hall–Kier alpha value is -1.90. The van der Waals surface area contributed by atoms with Gasteiger partial charge in [0.15, 0.2) is 5.82 Å². The van der Waals surface area contributed by atoms with Gasteiger partial charge in [-0.25, -0.2) is 4.98 Å². The van der Waals surface area contributed by atoms with Gasteiger partial charge in [-0.3, -0.25) is 5.10 Å². The summed E-state index contributed by atoms with van der Waals surface area (Å²) in [6.07, 6.45) is 1.75. The molecule has 0 atom stereocenters. The molecule has 15 heavy (non-hydrogen) atoms.